The van der Waals surface area contributed by atoms with Crippen molar-refractivity contribution in [3.63, 3.8) is 0 Å². The van der Waals surface area contributed by atoms with Crippen LogP contribution in [0.4, 0.5) is 0 Å². The first-order valence-electron chi connectivity index (χ1n) is 4.43. The Morgan fingerprint density at radius 1 is 1.27 bits per heavy atom. The summed E-state index contributed by atoms with van der Waals surface area (Å²) in [6.45, 7) is 6.38. The van der Waals surface area contributed by atoms with Crippen molar-refractivity contribution < 1.29 is 9.22 Å². The van der Waals surface area contributed by atoms with E-state index in [1.807, 2.05) is 0 Å². The Kier molecular flexibility index (Phi) is 2.55. The lowest BCUT2D eigenvalue weighted by Gasteiger charge is -2.33. The molecule has 0 amide bonds. The van der Waals surface area contributed by atoms with Crippen molar-refractivity contribution in [2.45, 2.75) is 26.3 Å². The lowest BCUT2D eigenvalue weighted by molar-refractivity contribution is -0.929. The van der Waals surface area contributed by atoms with Crippen molar-refractivity contribution in [2.24, 2.45) is 5.92 Å². The molecule has 0 aromatic heterocycles. The van der Waals surface area contributed by atoms with Crippen LogP contribution < -0.4 is 0 Å². The van der Waals surface area contributed by atoms with Gasteiger partial charge < -0.3 is 9.22 Å². The summed E-state index contributed by atoms with van der Waals surface area (Å²) in [4.78, 5) is 0. The van der Waals surface area contributed by atoms with Gasteiger partial charge in [0.2, 0.25) is 0 Å². The number of rotatable bonds is 0. The normalized spacial score (nSPS) is 38.2. The van der Waals surface area contributed by atoms with Gasteiger partial charge in [-0.15, -0.1) is 0 Å². The van der Waals surface area contributed by atoms with E-state index < -0.39 is 0 Å². The van der Waals surface area contributed by atoms with Gasteiger partial charge in [0, 0.05) is 6.42 Å². The molecule has 2 atom stereocenters. The Hall–Kier alpha value is -0.0800. The molecule has 1 aliphatic heterocycles. The summed E-state index contributed by atoms with van der Waals surface area (Å²) in [6, 6.07) is 0.729. The summed E-state index contributed by atoms with van der Waals surface area (Å²) in [5, 5.41) is 0. The number of nitrogens with zero attached hydrogens (tertiary/aromatic N) is 1. The van der Waals surface area contributed by atoms with Crippen LogP contribution >= 0.6 is 0 Å². The molecule has 1 aliphatic rings. The predicted octanol–water partition coefficient (Wildman–Crippen LogP) is 1.47. The van der Waals surface area contributed by atoms with E-state index in [4.69, 9.17) is 4.74 Å². The Labute approximate surface area is 69.7 Å². The van der Waals surface area contributed by atoms with Crippen LogP contribution in [0.3, 0.4) is 0 Å². The van der Waals surface area contributed by atoms with Gasteiger partial charge >= 0.3 is 0 Å². The Morgan fingerprint density at radius 2 is 1.91 bits per heavy atom. The maximum atomic E-state index is 5.56. The molecule has 0 aromatic carbocycles. The molecule has 2 nitrogen and oxygen atoms in total. The first-order valence-corrected chi connectivity index (χ1v) is 4.43. The summed E-state index contributed by atoms with van der Waals surface area (Å²) in [5.74, 6) is 0.727. The molecule has 0 bridgehead atoms. The zero-order valence-corrected chi connectivity index (χ0v) is 8.13. The number of hydrogen-bond donors (Lipinski definition) is 0. The molecule has 0 spiro atoms. The second kappa shape index (κ2) is 3.11. The molecule has 66 valence electrons. The summed E-state index contributed by atoms with van der Waals surface area (Å²) in [7, 11) is 4.48. The summed E-state index contributed by atoms with van der Waals surface area (Å²) >= 11 is 0. The highest BCUT2D eigenvalue weighted by molar-refractivity contribution is 4.60. The highest BCUT2D eigenvalue weighted by atomic mass is 16.5. The van der Waals surface area contributed by atoms with Crippen molar-refractivity contribution in [2.75, 3.05) is 27.4 Å². The van der Waals surface area contributed by atoms with Gasteiger partial charge in [-0.25, -0.2) is 0 Å². The van der Waals surface area contributed by atoms with Crippen LogP contribution in [0.15, 0.2) is 0 Å². The summed E-state index contributed by atoms with van der Waals surface area (Å²) in [6.07, 6.45) is 1.28. The number of ether oxygens (including phenoxy) is 1. The topological polar surface area (TPSA) is 9.23 Å². The zero-order chi connectivity index (χ0) is 8.48. The SMILES string of the molecule is CC1COC[N+](C)(C)C(C)C1. The average molecular weight is 158 g/mol. The van der Waals surface area contributed by atoms with Crippen molar-refractivity contribution in [1.82, 2.24) is 0 Å². The van der Waals surface area contributed by atoms with Crippen molar-refractivity contribution >= 4 is 0 Å². The lowest BCUT2D eigenvalue weighted by Crippen LogP contribution is -2.47. The second-order valence-corrected chi connectivity index (χ2v) is 4.47. The van der Waals surface area contributed by atoms with E-state index in [2.05, 4.69) is 27.9 Å². The monoisotopic (exact) mass is 158 g/mol. The smallest absolute Gasteiger partial charge is 0.182 e. The van der Waals surface area contributed by atoms with Gasteiger partial charge in [0.05, 0.1) is 26.7 Å². The molecule has 2 heteroatoms. The molecule has 0 aromatic rings. The van der Waals surface area contributed by atoms with Crippen LogP contribution in [0.2, 0.25) is 0 Å². The van der Waals surface area contributed by atoms with Crippen molar-refractivity contribution in [3.05, 3.63) is 0 Å². The molecule has 0 aliphatic carbocycles. The highest BCUT2D eigenvalue weighted by Crippen LogP contribution is 2.19. The minimum Gasteiger partial charge on any atom is -0.331 e. The van der Waals surface area contributed by atoms with E-state index >= 15 is 0 Å². The van der Waals surface area contributed by atoms with E-state index in [1.54, 1.807) is 0 Å². The third-order valence-corrected chi connectivity index (χ3v) is 2.76. The van der Waals surface area contributed by atoms with Gasteiger partial charge in [0.1, 0.15) is 0 Å². The quantitative estimate of drug-likeness (QED) is 0.485. The van der Waals surface area contributed by atoms with Gasteiger partial charge in [0.15, 0.2) is 6.73 Å². The van der Waals surface area contributed by atoms with Gasteiger partial charge in [-0.2, -0.15) is 0 Å². The highest BCUT2D eigenvalue weighted by Gasteiger charge is 2.28. The molecule has 11 heavy (non-hydrogen) atoms. The molecule has 1 heterocycles. The molecular formula is C9H20NO+. The fourth-order valence-electron chi connectivity index (χ4n) is 1.55. The molecule has 0 N–H and O–H groups in total. The lowest BCUT2D eigenvalue weighted by atomic mass is 10.0. The Balaban J connectivity index is 2.58. The number of hydrogen-bond acceptors (Lipinski definition) is 1. The molecule has 0 radical (unpaired) electrons. The van der Waals surface area contributed by atoms with E-state index in [9.17, 15) is 0 Å². The summed E-state index contributed by atoms with van der Waals surface area (Å²) < 4.78 is 6.57. The van der Waals surface area contributed by atoms with Crippen LogP contribution in [-0.4, -0.2) is 38.0 Å². The van der Waals surface area contributed by atoms with E-state index in [1.165, 1.54) is 6.42 Å². The van der Waals surface area contributed by atoms with Gasteiger partial charge in [-0.3, -0.25) is 0 Å². The van der Waals surface area contributed by atoms with Crippen LogP contribution in [0.5, 0.6) is 0 Å². The van der Waals surface area contributed by atoms with E-state index in [-0.39, 0.29) is 0 Å². The second-order valence-electron chi connectivity index (χ2n) is 4.47. The molecule has 1 fully saturated rings. The zero-order valence-electron chi connectivity index (χ0n) is 8.13. The minimum atomic E-state index is 0.727. The number of quaternary nitrogens is 1. The maximum absolute atomic E-state index is 5.56. The Bertz CT molecular complexity index is 134. The van der Waals surface area contributed by atoms with Crippen LogP contribution in [0, 0.1) is 5.92 Å². The average Bonchev–Trinajstić information content (AvgIpc) is 1.94. The first kappa shape index (κ1) is 9.01. The van der Waals surface area contributed by atoms with Gasteiger partial charge in [0.25, 0.3) is 0 Å². The fourth-order valence-corrected chi connectivity index (χ4v) is 1.55. The standard InChI is InChI=1S/C9H20NO/c1-8-5-9(2)10(3,4)7-11-6-8/h8-9H,5-7H2,1-4H3/q+1. The predicted molar refractivity (Wildman–Crippen MR) is 46.2 cm³/mol. The van der Waals surface area contributed by atoms with Crippen LogP contribution in [0.1, 0.15) is 20.3 Å². The van der Waals surface area contributed by atoms with Gasteiger partial charge in [-0.1, -0.05) is 6.92 Å². The van der Waals surface area contributed by atoms with Crippen molar-refractivity contribution in [1.29, 1.82) is 0 Å². The maximum Gasteiger partial charge on any atom is 0.182 e. The Morgan fingerprint density at radius 3 is 2.55 bits per heavy atom. The first-order chi connectivity index (χ1) is 5.02. The molecular weight excluding hydrogens is 138 g/mol. The fraction of sp³-hybridized carbons (Fsp3) is 1.00. The third kappa shape index (κ3) is 2.17. The molecule has 2 unspecified atom stereocenters. The van der Waals surface area contributed by atoms with Crippen LogP contribution in [-0.2, 0) is 4.74 Å². The van der Waals surface area contributed by atoms with E-state index in [0.717, 1.165) is 29.8 Å². The molecule has 1 saturated heterocycles. The molecule has 0 saturated carbocycles. The third-order valence-electron chi connectivity index (χ3n) is 2.76. The van der Waals surface area contributed by atoms with E-state index in [0.29, 0.717) is 0 Å². The van der Waals surface area contributed by atoms with Crippen molar-refractivity contribution in [3.8, 4) is 0 Å². The molecule has 1 rings (SSSR count). The van der Waals surface area contributed by atoms with Gasteiger partial charge in [-0.05, 0) is 12.8 Å². The minimum absolute atomic E-state index is 0.727. The largest absolute Gasteiger partial charge is 0.331 e. The van der Waals surface area contributed by atoms with Crippen LogP contribution in [0.25, 0.3) is 0 Å². The summed E-state index contributed by atoms with van der Waals surface area (Å²) in [5.41, 5.74) is 0.